The minimum absolute atomic E-state index is 0.0182. The highest BCUT2D eigenvalue weighted by Gasteiger charge is 2.34. The van der Waals surface area contributed by atoms with Crippen LogP contribution in [0.3, 0.4) is 0 Å². The number of nitrogens with two attached hydrogens (primary N) is 1. The number of nitrogen functional groups attached to an aromatic ring is 1. The zero-order valence-electron chi connectivity index (χ0n) is 14.1. The van der Waals surface area contributed by atoms with Crippen LogP contribution in [-0.4, -0.2) is 20.1 Å². The second-order valence-corrected chi connectivity index (χ2v) is 5.91. The average Bonchev–Trinajstić information content (AvgIpc) is 2.59. The number of ether oxygens (including phenoxy) is 2. The molecule has 0 saturated carbocycles. The summed E-state index contributed by atoms with van der Waals surface area (Å²) in [6.07, 6.45) is 0.720. The number of hydrogen-bond acceptors (Lipinski definition) is 4. The van der Waals surface area contributed by atoms with E-state index in [9.17, 15) is 4.79 Å². The number of fused-ring (bicyclic) bond motifs is 1. The monoisotopic (exact) mass is 326 g/mol. The molecule has 2 aromatic carbocycles. The van der Waals surface area contributed by atoms with E-state index in [4.69, 9.17) is 15.2 Å². The fraction of sp³-hybridized carbons (Fsp3) is 0.316. The fourth-order valence-corrected chi connectivity index (χ4v) is 3.33. The number of nitrogens with one attached hydrogen (secondary N) is 1. The quantitative estimate of drug-likeness (QED) is 0.847. The van der Waals surface area contributed by atoms with Gasteiger partial charge in [-0.25, -0.2) is 0 Å². The standard InChI is InChI=1S/C19H22N2O3/c1-4-13-14-9-16(23-2)17(24-3)10-15(14)18(21-19(13)22)11-6-5-7-12(20)8-11/h5-10,13,18H,4,20H2,1-3H3,(H,21,22). The van der Waals surface area contributed by atoms with Crippen LogP contribution in [0.4, 0.5) is 5.69 Å². The maximum absolute atomic E-state index is 12.6. The van der Waals surface area contributed by atoms with Gasteiger partial charge >= 0.3 is 0 Å². The summed E-state index contributed by atoms with van der Waals surface area (Å²) in [5.41, 5.74) is 9.53. The van der Waals surface area contributed by atoms with E-state index in [0.29, 0.717) is 17.2 Å². The maximum atomic E-state index is 12.6. The lowest BCUT2D eigenvalue weighted by Crippen LogP contribution is -2.39. The van der Waals surface area contributed by atoms with Crippen LogP contribution in [0.2, 0.25) is 0 Å². The Morgan fingerprint density at radius 2 is 1.75 bits per heavy atom. The molecule has 0 spiro atoms. The molecule has 1 aliphatic heterocycles. The normalized spacial score (nSPS) is 19.4. The van der Waals surface area contributed by atoms with Gasteiger partial charge in [0.1, 0.15) is 0 Å². The molecular formula is C19H22N2O3. The van der Waals surface area contributed by atoms with Crippen molar-refractivity contribution in [3.05, 3.63) is 53.1 Å². The van der Waals surface area contributed by atoms with Crippen LogP contribution in [0, 0.1) is 0 Å². The van der Waals surface area contributed by atoms with Crippen LogP contribution in [0.1, 0.15) is 42.0 Å². The summed E-state index contributed by atoms with van der Waals surface area (Å²) in [4.78, 5) is 12.6. The Bertz CT molecular complexity index is 773. The first-order valence-corrected chi connectivity index (χ1v) is 8.00. The summed E-state index contributed by atoms with van der Waals surface area (Å²) in [6.45, 7) is 2.01. The van der Waals surface area contributed by atoms with Crippen molar-refractivity contribution in [2.45, 2.75) is 25.3 Å². The van der Waals surface area contributed by atoms with E-state index >= 15 is 0 Å². The van der Waals surface area contributed by atoms with Crippen LogP contribution in [0.5, 0.6) is 11.5 Å². The van der Waals surface area contributed by atoms with Crippen molar-refractivity contribution in [1.29, 1.82) is 0 Å². The van der Waals surface area contributed by atoms with Gasteiger partial charge in [-0.3, -0.25) is 4.79 Å². The zero-order valence-corrected chi connectivity index (χ0v) is 14.1. The molecule has 3 rings (SSSR count). The van der Waals surface area contributed by atoms with Crippen molar-refractivity contribution in [1.82, 2.24) is 5.32 Å². The zero-order chi connectivity index (χ0) is 17.3. The molecule has 0 aromatic heterocycles. The van der Waals surface area contributed by atoms with Gasteiger partial charge in [-0.15, -0.1) is 0 Å². The molecule has 0 fully saturated rings. The van der Waals surface area contributed by atoms with Crippen molar-refractivity contribution >= 4 is 11.6 Å². The third-order valence-corrected chi connectivity index (χ3v) is 4.53. The molecule has 126 valence electrons. The molecule has 1 aliphatic rings. The van der Waals surface area contributed by atoms with Crippen molar-refractivity contribution in [2.75, 3.05) is 20.0 Å². The topological polar surface area (TPSA) is 73.6 Å². The molecular weight excluding hydrogens is 304 g/mol. The molecule has 2 atom stereocenters. The lowest BCUT2D eigenvalue weighted by molar-refractivity contribution is -0.123. The number of hydrogen-bond donors (Lipinski definition) is 2. The number of rotatable bonds is 4. The first-order valence-electron chi connectivity index (χ1n) is 8.00. The number of anilines is 1. The lowest BCUT2D eigenvalue weighted by Gasteiger charge is -2.33. The number of carbonyl (C=O) groups excluding carboxylic acids is 1. The number of carbonyl (C=O) groups is 1. The van der Waals surface area contributed by atoms with Crippen LogP contribution < -0.4 is 20.5 Å². The van der Waals surface area contributed by atoms with Crippen molar-refractivity contribution in [3.63, 3.8) is 0 Å². The second kappa shape index (κ2) is 6.43. The third-order valence-electron chi connectivity index (χ3n) is 4.53. The van der Waals surface area contributed by atoms with Crippen molar-refractivity contribution < 1.29 is 14.3 Å². The van der Waals surface area contributed by atoms with E-state index in [1.165, 1.54) is 0 Å². The Labute approximate surface area is 141 Å². The Kier molecular flexibility index (Phi) is 4.34. The number of methoxy groups -OCH3 is 2. The predicted molar refractivity (Wildman–Crippen MR) is 93.4 cm³/mol. The summed E-state index contributed by atoms with van der Waals surface area (Å²) < 4.78 is 10.9. The van der Waals surface area contributed by atoms with Crippen LogP contribution in [0.25, 0.3) is 0 Å². The minimum Gasteiger partial charge on any atom is -0.493 e. The van der Waals surface area contributed by atoms with Crippen molar-refractivity contribution in [3.8, 4) is 11.5 Å². The number of benzene rings is 2. The van der Waals surface area contributed by atoms with Gasteiger partial charge in [0.05, 0.1) is 26.2 Å². The Morgan fingerprint density at radius 1 is 1.08 bits per heavy atom. The fourth-order valence-electron chi connectivity index (χ4n) is 3.33. The minimum atomic E-state index is -0.251. The molecule has 2 aromatic rings. The summed E-state index contributed by atoms with van der Waals surface area (Å²) in [5, 5.41) is 3.12. The molecule has 2 unspecified atom stereocenters. The van der Waals surface area contributed by atoms with Gasteiger partial charge in [0.15, 0.2) is 11.5 Å². The highest BCUT2D eigenvalue weighted by Crippen LogP contribution is 2.42. The molecule has 0 radical (unpaired) electrons. The van der Waals surface area contributed by atoms with Gasteiger partial charge in [0.25, 0.3) is 0 Å². The van der Waals surface area contributed by atoms with E-state index in [0.717, 1.165) is 23.1 Å². The molecule has 5 nitrogen and oxygen atoms in total. The third kappa shape index (κ3) is 2.66. The smallest absolute Gasteiger partial charge is 0.228 e. The summed E-state index contributed by atoms with van der Waals surface area (Å²) >= 11 is 0. The van der Waals surface area contributed by atoms with E-state index in [2.05, 4.69) is 5.32 Å². The van der Waals surface area contributed by atoms with E-state index < -0.39 is 0 Å². The molecule has 1 amide bonds. The summed E-state index contributed by atoms with van der Waals surface area (Å²) in [5.74, 6) is 1.11. The van der Waals surface area contributed by atoms with E-state index in [-0.39, 0.29) is 17.9 Å². The average molecular weight is 326 g/mol. The molecule has 5 heteroatoms. The highest BCUT2D eigenvalue weighted by molar-refractivity contribution is 5.87. The van der Waals surface area contributed by atoms with Gasteiger partial charge < -0.3 is 20.5 Å². The van der Waals surface area contributed by atoms with Crippen LogP contribution in [0.15, 0.2) is 36.4 Å². The van der Waals surface area contributed by atoms with Crippen molar-refractivity contribution in [2.24, 2.45) is 0 Å². The molecule has 1 heterocycles. The highest BCUT2D eigenvalue weighted by atomic mass is 16.5. The maximum Gasteiger partial charge on any atom is 0.228 e. The lowest BCUT2D eigenvalue weighted by atomic mass is 9.82. The number of amides is 1. The Balaban J connectivity index is 2.20. The van der Waals surface area contributed by atoms with Gasteiger partial charge in [-0.05, 0) is 47.4 Å². The first kappa shape index (κ1) is 16.2. The Morgan fingerprint density at radius 3 is 2.33 bits per heavy atom. The molecule has 3 N–H and O–H groups in total. The summed E-state index contributed by atoms with van der Waals surface area (Å²) in [6, 6.07) is 11.2. The molecule has 0 bridgehead atoms. The van der Waals surface area contributed by atoms with Crippen LogP contribution in [-0.2, 0) is 4.79 Å². The van der Waals surface area contributed by atoms with E-state index in [1.54, 1.807) is 14.2 Å². The predicted octanol–water partition coefficient (Wildman–Crippen LogP) is 3.00. The Hall–Kier alpha value is -2.69. The van der Waals surface area contributed by atoms with Crippen LogP contribution >= 0.6 is 0 Å². The SMILES string of the molecule is CCC1C(=O)NC(c2cccc(N)c2)c2cc(OC)c(OC)cc21. The molecule has 24 heavy (non-hydrogen) atoms. The van der Waals surface area contributed by atoms with E-state index in [1.807, 2.05) is 43.3 Å². The molecule has 0 aliphatic carbocycles. The van der Waals surface area contributed by atoms with Gasteiger partial charge in [-0.1, -0.05) is 19.1 Å². The van der Waals surface area contributed by atoms with Gasteiger partial charge in [0, 0.05) is 5.69 Å². The van der Waals surface area contributed by atoms with Gasteiger partial charge in [0.2, 0.25) is 5.91 Å². The van der Waals surface area contributed by atoms with Gasteiger partial charge in [-0.2, -0.15) is 0 Å². The second-order valence-electron chi connectivity index (χ2n) is 5.91. The largest absolute Gasteiger partial charge is 0.493 e. The molecule has 0 saturated heterocycles. The summed E-state index contributed by atoms with van der Waals surface area (Å²) in [7, 11) is 3.21. The first-order chi connectivity index (χ1) is 11.6.